The Balaban J connectivity index is 1.77. The maximum Gasteiger partial charge on any atom is 0.353 e. The van der Waals surface area contributed by atoms with E-state index < -0.39 is 18.0 Å². The van der Waals surface area contributed by atoms with Gasteiger partial charge in [0.25, 0.3) is 0 Å². The Morgan fingerprint density at radius 3 is 2.56 bits per heavy atom. The number of hydrogen-bond acceptors (Lipinski definition) is 6. The van der Waals surface area contributed by atoms with Crippen molar-refractivity contribution in [3.8, 4) is 0 Å². The number of carboxylic acid groups (broad SMARTS) is 1. The molecule has 3 rings (SSSR count). The number of nitrogens with two attached hydrogens (primary N) is 1. The zero-order chi connectivity index (χ0) is 18.5. The summed E-state index contributed by atoms with van der Waals surface area (Å²) < 4.78 is 0. The summed E-state index contributed by atoms with van der Waals surface area (Å²) in [6.07, 6.45) is 0.551. The Hall–Kier alpha value is -1.58. The van der Waals surface area contributed by atoms with Gasteiger partial charge < -0.3 is 26.2 Å². The van der Waals surface area contributed by atoms with Gasteiger partial charge in [-0.15, -0.1) is 11.8 Å². The first-order valence-corrected chi connectivity index (χ1v) is 9.30. The highest BCUT2D eigenvalue weighted by molar-refractivity contribution is 8.03. The summed E-state index contributed by atoms with van der Waals surface area (Å²) in [5.41, 5.74) is 5.34. The molecule has 138 valence electrons. The highest BCUT2D eigenvalue weighted by atomic mass is 32.2. The highest BCUT2D eigenvalue weighted by Gasteiger charge is 2.60. The Bertz CT molecular complexity index is 642. The topological polar surface area (TPSA) is 133 Å². The van der Waals surface area contributed by atoms with Crippen molar-refractivity contribution in [1.29, 1.82) is 0 Å². The highest BCUT2D eigenvalue weighted by Crippen LogP contribution is 2.51. The fraction of sp³-hybridized carbons (Fsp3) is 0.688. The first-order chi connectivity index (χ1) is 11.7. The van der Waals surface area contributed by atoms with Gasteiger partial charge in [-0.3, -0.25) is 9.59 Å². The SMILES string of the molecule is C[C@@H](O)[C@H]1C(=O)N2C(C(=O)O)=C(S[C@H]3CC[C@@H](C(N)=O)NC3)[C@H](C)[C@H]12. The summed E-state index contributed by atoms with van der Waals surface area (Å²) in [6, 6.07) is -0.636. The number of primary amides is 1. The minimum atomic E-state index is -1.12. The molecule has 0 spiro atoms. The van der Waals surface area contributed by atoms with E-state index in [2.05, 4.69) is 5.32 Å². The second kappa shape index (κ2) is 6.62. The zero-order valence-corrected chi connectivity index (χ0v) is 15.0. The summed E-state index contributed by atoms with van der Waals surface area (Å²) in [4.78, 5) is 37.3. The lowest BCUT2D eigenvalue weighted by Crippen LogP contribution is -2.63. The quantitative estimate of drug-likeness (QED) is 0.479. The Morgan fingerprint density at radius 1 is 1.40 bits per heavy atom. The van der Waals surface area contributed by atoms with E-state index >= 15 is 0 Å². The summed E-state index contributed by atoms with van der Waals surface area (Å²) in [5.74, 6) is -2.51. The molecule has 8 nitrogen and oxygen atoms in total. The van der Waals surface area contributed by atoms with Crippen molar-refractivity contribution >= 4 is 29.5 Å². The van der Waals surface area contributed by atoms with Gasteiger partial charge in [-0.25, -0.2) is 4.79 Å². The largest absolute Gasteiger partial charge is 0.477 e. The predicted molar refractivity (Wildman–Crippen MR) is 91.2 cm³/mol. The molecule has 0 aliphatic carbocycles. The molecule has 2 saturated heterocycles. The van der Waals surface area contributed by atoms with Crippen LogP contribution < -0.4 is 11.1 Å². The molecule has 25 heavy (non-hydrogen) atoms. The summed E-state index contributed by atoms with van der Waals surface area (Å²) in [7, 11) is 0. The van der Waals surface area contributed by atoms with Gasteiger partial charge in [-0.2, -0.15) is 0 Å². The van der Waals surface area contributed by atoms with E-state index in [1.165, 1.54) is 16.7 Å². The minimum Gasteiger partial charge on any atom is -0.477 e. The van der Waals surface area contributed by atoms with E-state index in [9.17, 15) is 24.6 Å². The van der Waals surface area contributed by atoms with Crippen molar-refractivity contribution in [3.63, 3.8) is 0 Å². The van der Waals surface area contributed by atoms with E-state index in [-0.39, 0.29) is 40.8 Å². The summed E-state index contributed by atoms with van der Waals surface area (Å²) in [6.45, 7) is 4.02. The molecule has 0 saturated carbocycles. The van der Waals surface area contributed by atoms with Crippen LogP contribution in [0.1, 0.15) is 26.7 Å². The lowest BCUT2D eigenvalue weighted by atomic mass is 9.79. The van der Waals surface area contributed by atoms with E-state index in [0.29, 0.717) is 17.9 Å². The van der Waals surface area contributed by atoms with Gasteiger partial charge in [0.05, 0.1) is 24.1 Å². The van der Waals surface area contributed by atoms with Crippen molar-refractivity contribution < 1.29 is 24.6 Å². The van der Waals surface area contributed by atoms with Crippen molar-refractivity contribution in [2.75, 3.05) is 6.54 Å². The number of piperidine rings is 1. The van der Waals surface area contributed by atoms with Crippen molar-refractivity contribution in [3.05, 3.63) is 10.6 Å². The average Bonchev–Trinajstić information content (AvgIpc) is 2.77. The smallest absolute Gasteiger partial charge is 0.353 e. The summed E-state index contributed by atoms with van der Waals surface area (Å²) >= 11 is 1.46. The van der Waals surface area contributed by atoms with Crippen LogP contribution in [-0.2, 0) is 14.4 Å². The van der Waals surface area contributed by atoms with Crippen molar-refractivity contribution in [2.24, 2.45) is 17.6 Å². The van der Waals surface area contributed by atoms with Crippen LogP contribution in [0.2, 0.25) is 0 Å². The molecule has 0 bridgehead atoms. The van der Waals surface area contributed by atoms with Gasteiger partial charge in [-0.1, -0.05) is 6.92 Å². The molecule has 3 aliphatic rings. The maximum atomic E-state index is 12.3. The standard InChI is InChI=1S/C16H23N3O5S/c1-6-11-10(7(2)20)15(22)19(11)12(16(23)24)13(6)25-8-3-4-9(14(17)21)18-5-8/h6-11,18,20H,3-5H2,1-2H3,(H2,17,21)(H,23,24)/t6-,7-,8+,9+,10-,11-/m1/s1. The number of carbonyl (C=O) groups excluding carboxylic acids is 2. The normalized spacial score (nSPS) is 36.0. The molecule has 2 fully saturated rings. The lowest BCUT2D eigenvalue weighted by Gasteiger charge is -2.46. The molecule has 6 atom stereocenters. The van der Waals surface area contributed by atoms with Crippen LogP contribution in [0.15, 0.2) is 10.6 Å². The molecule has 0 aromatic carbocycles. The van der Waals surface area contributed by atoms with Gasteiger partial charge in [0, 0.05) is 22.6 Å². The van der Waals surface area contributed by atoms with Gasteiger partial charge in [0.2, 0.25) is 11.8 Å². The second-order valence-electron chi connectivity index (χ2n) is 6.95. The minimum absolute atomic E-state index is 0.0430. The number of thioether (sulfide) groups is 1. The van der Waals surface area contributed by atoms with Crippen LogP contribution in [0.5, 0.6) is 0 Å². The number of hydrogen-bond donors (Lipinski definition) is 4. The van der Waals surface area contributed by atoms with Gasteiger partial charge in [-0.05, 0) is 19.8 Å². The van der Waals surface area contributed by atoms with Crippen molar-refractivity contribution in [2.45, 2.75) is 50.1 Å². The van der Waals surface area contributed by atoms with Gasteiger partial charge >= 0.3 is 5.97 Å². The number of nitrogens with one attached hydrogen (secondary N) is 1. The van der Waals surface area contributed by atoms with Crippen LogP contribution in [0.4, 0.5) is 0 Å². The average molecular weight is 369 g/mol. The zero-order valence-electron chi connectivity index (χ0n) is 14.1. The number of β-lactam (4-membered cyclic amide) rings is 1. The fourth-order valence-electron chi connectivity index (χ4n) is 4.03. The number of rotatable bonds is 5. The second-order valence-corrected chi connectivity index (χ2v) is 8.29. The number of fused-ring (bicyclic) bond motifs is 1. The maximum absolute atomic E-state index is 12.3. The molecule has 2 amide bonds. The number of carboxylic acids is 1. The van der Waals surface area contributed by atoms with Gasteiger partial charge in [0.15, 0.2) is 0 Å². The predicted octanol–water partition coefficient (Wildman–Crippen LogP) is -0.521. The number of nitrogens with zero attached hydrogens (tertiary/aromatic N) is 1. The Morgan fingerprint density at radius 2 is 2.08 bits per heavy atom. The first kappa shape index (κ1) is 18.2. The van der Waals surface area contributed by atoms with E-state index in [0.717, 1.165) is 6.42 Å². The van der Waals surface area contributed by atoms with Crippen LogP contribution >= 0.6 is 11.8 Å². The molecule has 3 heterocycles. The molecule has 3 aliphatic heterocycles. The third-order valence-electron chi connectivity index (χ3n) is 5.32. The molecular formula is C16H23N3O5S. The molecule has 9 heteroatoms. The molecule has 0 aromatic heterocycles. The van der Waals surface area contributed by atoms with Gasteiger partial charge in [0.1, 0.15) is 5.70 Å². The van der Waals surface area contributed by atoms with E-state index in [4.69, 9.17) is 5.73 Å². The van der Waals surface area contributed by atoms with Crippen LogP contribution in [0.3, 0.4) is 0 Å². The number of carbonyl (C=O) groups is 3. The number of aliphatic hydroxyl groups is 1. The molecule has 0 radical (unpaired) electrons. The van der Waals surface area contributed by atoms with E-state index in [1.54, 1.807) is 6.92 Å². The number of amides is 2. The van der Waals surface area contributed by atoms with Crippen LogP contribution in [-0.4, -0.2) is 62.9 Å². The number of aliphatic carboxylic acids is 1. The molecule has 0 unspecified atom stereocenters. The fourth-order valence-corrected chi connectivity index (χ4v) is 5.48. The van der Waals surface area contributed by atoms with Crippen LogP contribution in [0, 0.1) is 11.8 Å². The summed E-state index contributed by atoms with van der Waals surface area (Å²) in [5, 5.41) is 22.7. The third kappa shape index (κ3) is 2.94. The lowest BCUT2D eigenvalue weighted by molar-refractivity contribution is -0.163. The molecule has 0 aromatic rings. The Labute approximate surface area is 149 Å². The molecular weight excluding hydrogens is 346 g/mol. The van der Waals surface area contributed by atoms with Crippen molar-refractivity contribution in [1.82, 2.24) is 10.2 Å². The van der Waals surface area contributed by atoms with Crippen LogP contribution in [0.25, 0.3) is 0 Å². The monoisotopic (exact) mass is 369 g/mol. The Kier molecular flexibility index (Phi) is 4.82. The number of aliphatic hydroxyl groups excluding tert-OH is 1. The first-order valence-electron chi connectivity index (χ1n) is 8.42. The third-order valence-corrected chi connectivity index (χ3v) is 6.87. The van der Waals surface area contributed by atoms with E-state index in [1.807, 2.05) is 6.92 Å². The molecule has 5 N–H and O–H groups in total.